The predicted molar refractivity (Wildman–Crippen MR) is 73.5 cm³/mol. The van der Waals surface area contributed by atoms with Crippen LogP contribution in [0.25, 0.3) is 0 Å². The molecule has 1 atom stereocenters. The van der Waals surface area contributed by atoms with Gasteiger partial charge in [-0.25, -0.2) is 0 Å². The summed E-state index contributed by atoms with van der Waals surface area (Å²) < 4.78 is 5.00. The smallest absolute Gasteiger partial charge is 0.327 e. The van der Waals surface area contributed by atoms with Crippen LogP contribution in [-0.4, -0.2) is 35.9 Å². The molecule has 0 aromatic heterocycles. The van der Waals surface area contributed by atoms with Gasteiger partial charge in [0.05, 0.1) is 18.6 Å². The third kappa shape index (κ3) is 5.76. The zero-order chi connectivity index (χ0) is 14.1. The van der Waals surface area contributed by atoms with Crippen LogP contribution >= 0.6 is 12.0 Å². The first kappa shape index (κ1) is 15.5. The molecule has 0 spiro atoms. The molecule has 0 aliphatic carbocycles. The molecule has 1 aromatic carbocycles. The van der Waals surface area contributed by atoms with E-state index in [2.05, 4.69) is 5.32 Å². The first-order chi connectivity index (χ1) is 9.15. The van der Waals surface area contributed by atoms with Crippen LogP contribution in [0.4, 0.5) is 0 Å². The van der Waals surface area contributed by atoms with Gasteiger partial charge < -0.3 is 14.6 Å². The Kier molecular flexibility index (Phi) is 6.99. The fraction of sp³-hybridized carbons (Fsp3) is 0.385. The van der Waals surface area contributed by atoms with Gasteiger partial charge in [-0.2, -0.15) is 0 Å². The van der Waals surface area contributed by atoms with Crippen molar-refractivity contribution in [2.24, 2.45) is 0 Å². The quantitative estimate of drug-likeness (QED) is 0.579. The van der Waals surface area contributed by atoms with E-state index in [1.165, 1.54) is 6.92 Å². The zero-order valence-electron chi connectivity index (χ0n) is 10.7. The van der Waals surface area contributed by atoms with Gasteiger partial charge in [0.1, 0.15) is 5.92 Å². The molecule has 0 saturated heterocycles. The summed E-state index contributed by atoms with van der Waals surface area (Å²) >= 11 is 0.966. The van der Waals surface area contributed by atoms with Crippen LogP contribution in [0, 0.1) is 0 Å². The van der Waals surface area contributed by atoms with Gasteiger partial charge >= 0.3 is 5.97 Å². The Labute approximate surface area is 116 Å². The maximum Gasteiger partial charge on any atom is 0.327 e. The third-order valence-electron chi connectivity index (χ3n) is 2.37. The van der Waals surface area contributed by atoms with Crippen LogP contribution in [0.1, 0.15) is 18.4 Å². The van der Waals surface area contributed by atoms with E-state index in [4.69, 9.17) is 4.18 Å². The molecule has 2 N–H and O–H groups in total. The molecule has 0 bridgehead atoms. The van der Waals surface area contributed by atoms with E-state index in [0.29, 0.717) is 12.3 Å². The highest BCUT2D eigenvalue weighted by Gasteiger charge is 2.21. The minimum Gasteiger partial charge on any atom is -0.395 e. The summed E-state index contributed by atoms with van der Waals surface area (Å²) in [5.41, 5.74) is 0.720. The highest BCUT2D eigenvalue weighted by molar-refractivity contribution is 7.95. The number of benzene rings is 1. The topological polar surface area (TPSA) is 75.6 Å². The van der Waals surface area contributed by atoms with Crippen molar-refractivity contribution in [3.05, 3.63) is 35.9 Å². The van der Waals surface area contributed by atoms with E-state index in [-0.39, 0.29) is 12.5 Å². The summed E-state index contributed by atoms with van der Waals surface area (Å²) in [6.45, 7) is 1.56. The van der Waals surface area contributed by atoms with Gasteiger partial charge in [-0.15, -0.1) is 0 Å². The SMILES string of the molecule is CC(=O)NCCSOC(=O)C(CO)c1ccccc1. The Morgan fingerprint density at radius 1 is 1.37 bits per heavy atom. The number of hydrogen-bond acceptors (Lipinski definition) is 5. The normalized spacial score (nSPS) is 11.7. The number of nitrogens with one attached hydrogen (secondary N) is 1. The molecule has 0 aliphatic rings. The first-order valence-electron chi connectivity index (χ1n) is 5.88. The minimum absolute atomic E-state index is 0.121. The van der Waals surface area contributed by atoms with E-state index >= 15 is 0 Å². The Hall–Kier alpha value is -1.53. The maximum absolute atomic E-state index is 11.8. The highest BCUT2D eigenvalue weighted by Crippen LogP contribution is 2.19. The van der Waals surface area contributed by atoms with E-state index < -0.39 is 11.9 Å². The number of aliphatic hydroxyl groups excluding tert-OH is 1. The zero-order valence-corrected chi connectivity index (χ0v) is 11.5. The second-order valence-electron chi connectivity index (χ2n) is 3.85. The number of aliphatic hydroxyl groups is 1. The largest absolute Gasteiger partial charge is 0.395 e. The Morgan fingerprint density at radius 3 is 2.63 bits per heavy atom. The second-order valence-corrected chi connectivity index (χ2v) is 4.66. The number of hydrogen-bond donors (Lipinski definition) is 2. The third-order valence-corrected chi connectivity index (χ3v) is 3.02. The van der Waals surface area contributed by atoms with Crippen molar-refractivity contribution < 1.29 is 18.9 Å². The lowest BCUT2D eigenvalue weighted by Gasteiger charge is -2.12. The fourth-order valence-electron chi connectivity index (χ4n) is 1.43. The standard InChI is InChI=1S/C13H17NO4S/c1-10(16)14-7-8-19-18-13(17)12(9-15)11-5-3-2-4-6-11/h2-6,12,15H,7-9H2,1H3,(H,14,16). The number of rotatable bonds is 7. The van der Waals surface area contributed by atoms with E-state index in [9.17, 15) is 14.7 Å². The molecular weight excluding hydrogens is 266 g/mol. The van der Waals surface area contributed by atoms with Crippen LogP contribution in [0.2, 0.25) is 0 Å². The van der Waals surface area contributed by atoms with E-state index in [1.54, 1.807) is 24.3 Å². The van der Waals surface area contributed by atoms with Crippen molar-refractivity contribution in [2.45, 2.75) is 12.8 Å². The molecule has 1 rings (SSSR count). The second kappa shape index (κ2) is 8.55. The van der Waals surface area contributed by atoms with Crippen LogP contribution < -0.4 is 5.32 Å². The van der Waals surface area contributed by atoms with Gasteiger partial charge in [0.25, 0.3) is 0 Å². The van der Waals surface area contributed by atoms with Crippen molar-refractivity contribution in [1.29, 1.82) is 0 Å². The summed E-state index contributed by atoms with van der Waals surface area (Å²) in [5.74, 6) is -0.807. The van der Waals surface area contributed by atoms with Crippen molar-refractivity contribution in [3.8, 4) is 0 Å². The van der Waals surface area contributed by atoms with Crippen molar-refractivity contribution in [2.75, 3.05) is 18.9 Å². The predicted octanol–water partition coefficient (Wildman–Crippen LogP) is 1.09. The number of carbonyl (C=O) groups is 2. The van der Waals surface area contributed by atoms with Crippen LogP contribution in [0.15, 0.2) is 30.3 Å². The van der Waals surface area contributed by atoms with Gasteiger partial charge in [0.2, 0.25) is 5.91 Å². The lowest BCUT2D eigenvalue weighted by Crippen LogP contribution is -2.23. The Morgan fingerprint density at radius 2 is 2.05 bits per heavy atom. The fourth-order valence-corrected chi connectivity index (χ4v) is 1.93. The number of carbonyl (C=O) groups excluding carboxylic acids is 2. The van der Waals surface area contributed by atoms with Gasteiger partial charge in [0.15, 0.2) is 0 Å². The molecule has 104 valence electrons. The summed E-state index contributed by atoms with van der Waals surface area (Å²) in [6, 6.07) is 8.98. The van der Waals surface area contributed by atoms with Gasteiger partial charge in [0, 0.05) is 19.2 Å². The van der Waals surface area contributed by atoms with Crippen molar-refractivity contribution in [1.82, 2.24) is 5.32 Å². The van der Waals surface area contributed by atoms with Crippen LogP contribution in [0.5, 0.6) is 0 Å². The van der Waals surface area contributed by atoms with Gasteiger partial charge in [-0.3, -0.25) is 9.59 Å². The van der Waals surface area contributed by atoms with E-state index in [0.717, 1.165) is 17.6 Å². The molecule has 0 saturated carbocycles. The Bertz CT molecular complexity index is 410. The molecular formula is C13H17NO4S. The molecule has 5 nitrogen and oxygen atoms in total. The lowest BCUT2D eigenvalue weighted by atomic mass is 10.0. The molecule has 0 aliphatic heterocycles. The van der Waals surface area contributed by atoms with Crippen molar-refractivity contribution in [3.63, 3.8) is 0 Å². The summed E-state index contributed by atoms with van der Waals surface area (Å²) in [7, 11) is 0. The summed E-state index contributed by atoms with van der Waals surface area (Å²) in [6.07, 6.45) is 0. The maximum atomic E-state index is 11.8. The van der Waals surface area contributed by atoms with Gasteiger partial charge in [-0.1, -0.05) is 30.3 Å². The monoisotopic (exact) mass is 283 g/mol. The molecule has 6 heteroatoms. The number of amides is 1. The molecule has 1 aromatic rings. The van der Waals surface area contributed by atoms with Crippen LogP contribution in [0.3, 0.4) is 0 Å². The van der Waals surface area contributed by atoms with Crippen LogP contribution in [-0.2, 0) is 13.8 Å². The molecule has 1 amide bonds. The lowest BCUT2D eigenvalue weighted by molar-refractivity contribution is -0.135. The summed E-state index contributed by atoms with van der Waals surface area (Å²) in [5, 5.41) is 11.9. The molecule has 19 heavy (non-hydrogen) atoms. The average Bonchev–Trinajstić information content (AvgIpc) is 2.40. The molecule has 0 fully saturated rings. The molecule has 0 radical (unpaired) electrons. The minimum atomic E-state index is -0.672. The Balaban J connectivity index is 2.37. The average molecular weight is 283 g/mol. The molecule has 1 unspecified atom stereocenters. The highest BCUT2D eigenvalue weighted by atomic mass is 32.2. The van der Waals surface area contributed by atoms with E-state index in [1.807, 2.05) is 6.07 Å². The molecule has 0 heterocycles. The summed E-state index contributed by atoms with van der Waals surface area (Å²) in [4.78, 5) is 22.4. The van der Waals surface area contributed by atoms with Gasteiger partial charge in [-0.05, 0) is 5.56 Å². The first-order valence-corrected chi connectivity index (χ1v) is 6.79. The van der Waals surface area contributed by atoms with Crippen molar-refractivity contribution >= 4 is 23.9 Å².